The van der Waals surface area contributed by atoms with E-state index in [9.17, 15) is 14.7 Å². The van der Waals surface area contributed by atoms with Crippen LogP contribution in [0.4, 0.5) is 0 Å². The number of phenolic OH excluding ortho intramolecular Hbond substituents is 1. The number of rotatable bonds is 5. The number of carbonyl (C=O) groups is 2. The number of likely N-dealkylation sites (N-methyl/N-ethyl adjacent to an activating group) is 1. The number of phenols is 1. The maximum Gasteiger partial charge on any atom is 0.225 e. The van der Waals surface area contributed by atoms with Gasteiger partial charge in [-0.2, -0.15) is 0 Å². The molecule has 1 aromatic rings. The fourth-order valence-electron chi connectivity index (χ4n) is 6.49. The van der Waals surface area contributed by atoms with E-state index in [1.165, 1.54) is 7.11 Å². The van der Waals surface area contributed by atoms with Gasteiger partial charge in [0.2, 0.25) is 5.78 Å². The SMILES string of the molecule is CC[C@H]1CN2C(CN)C3=C(CC2[C@@H](c2c(C)cc(C)c(OC)c2O)N1C)C(=O)C(C)=C(OC)C3=O. The minimum absolute atomic E-state index is 0.111. The van der Waals surface area contributed by atoms with Gasteiger partial charge in [-0.25, -0.2) is 0 Å². The summed E-state index contributed by atoms with van der Waals surface area (Å²) in [4.78, 5) is 31.5. The quantitative estimate of drug-likeness (QED) is 0.616. The number of ketones is 2. The topological polar surface area (TPSA) is 105 Å². The molecular weight excluding hydrogens is 446 g/mol. The minimum atomic E-state index is -0.404. The van der Waals surface area contributed by atoms with E-state index in [1.54, 1.807) is 14.0 Å². The van der Waals surface area contributed by atoms with Crippen molar-refractivity contribution in [2.75, 3.05) is 34.4 Å². The third kappa shape index (κ3) is 3.70. The zero-order valence-corrected chi connectivity index (χ0v) is 21.8. The lowest BCUT2D eigenvalue weighted by Crippen LogP contribution is -2.65. The van der Waals surface area contributed by atoms with Gasteiger partial charge in [-0.15, -0.1) is 0 Å². The number of piperazine rings is 1. The number of Topliss-reactive ketones (excluding diaryl/α,β-unsaturated/α-hetero) is 2. The maximum atomic E-state index is 13.4. The first-order valence-electron chi connectivity index (χ1n) is 12.2. The molecule has 1 saturated heterocycles. The molecule has 3 N–H and O–H groups in total. The van der Waals surface area contributed by atoms with Crippen LogP contribution in [-0.4, -0.2) is 79.0 Å². The number of nitrogens with two attached hydrogens (primary N) is 1. The number of aromatic hydroxyl groups is 1. The summed E-state index contributed by atoms with van der Waals surface area (Å²) in [7, 11) is 5.06. The van der Waals surface area contributed by atoms with Crippen molar-refractivity contribution in [1.82, 2.24) is 9.80 Å². The number of aryl methyl sites for hydroxylation is 2. The Morgan fingerprint density at radius 1 is 1.11 bits per heavy atom. The Morgan fingerprint density at radius 2 is 1.80 bits per heavy atom. The number of allylic oxidation sites excluding steroid dienone is 2. The summed E-state index contributed by atoms with van der Waals surface area (Å²) in [6.45, 7) is 8.61. The fourth-order valence-corrected chi connectivity index (χ4v) is 6.49. The van der Waals surface area contributed by atoms with E-state index in [0.29, 0.717) is 35.4 Å². The normalized spacial score (nSPS) is 27.8. The smallest absolute Gasteiger partial charge is 0.225 e. The van der Waals surface area contributed by atoms with Crippen molar-refractivity contribution in [3.8, 4) is 11.5 Å². The molecule has 4 atom stereocenters. The average Bonchev–Trinajstić information content (AvgIpc) is 2.82. The van der Waals surface area contributed by atoms with E-state index in [2.05, 4.69) is 23.8 Å². The summed E-state index contributed by atoms with van der Waals surface area (Å²) in [6.07, 6.45) is 1.28. The monoisotopic (exact) mass is 483 g/mol. The standard InChI is InChI=1S/C27H37N3O5/c1-8-16-12-30-18(22(29(16)5)20-13(2)9-14(3)26(34-6)24(20)32)10-17-21(19(30)11-28)25(33)27(35-7)15(4)23(17)31/h9,16,18-19,22,32H,8,10-12,28H2,1-7H3/t16-,18?,19?,22-/m0/s1. The molecule has 0 spiro atoms. The number of ether oxygens (including phenoxy) is 2. The van der Waals surface area contributed by atoms with E-state index < -0.39 is 6.04 Å². The van der Waals surface area contributed by atoms with Crippen molar-refractivity contribution in [2.45, 2.75) is 64.7 Å². The van der Waals surface area contributed by atoms with Gasteiger partial charge in [0, 0.05) is 47.5 Å². The predicted molar refractivity (Wildman–Crippen MR) is 133 cm³/mol. The van der Waals surface area contributed by atoms with Crippen LogP contribution < -0.4 is 10.5 Å². The largest absolute Gasteiger partial charge is 0.504 e. The van der Waals surface area contributed by atoms with Gasteiger partial charge >= 0.3 is 0 Å². The fraction of sp³-hybridized carbons (Fsp3) is 0.556. The average molecular weight is 484 g/mol. The van der Waals surface area contributed by atoms with Gasteiger partial charge in [-0.1, -0.05) is 13.0 Å². The summed E-state index contributed by atoms with van der Waals surface area (Å²) in [6, 6.07) is 1.43. The van der Waals surface area contributed by atoms with Crippen LogP contribution in [-0.2, 0) is 14.3 Å². The second-order valence-corrected chi connectivity index (χ2v) is 9.91. The number of hydrogen-bond acceptors (Lipinski definition) is 8. The number of nitrogens with zero attached hydrogens (tertiary/aromatic N) is 2. The van der Waals surface area contributed by atoms with Crippen LogP contribution in [0.3, 0.4) is 0 Å². The lowest BCUT2D eigenvalue weighted by Gasteiger charge is -2.56. The first kappa shape index (κ1) is 25.4. The molecule has 1 aliphatic carbocycles. The molecule has 0 radical (unpaired) electrons. The van der Waals surface area contributed by atoms with Crippen molar-refractivity contribution in [3.63, 3.8) is 0 Å². The molecule has 0 aromatic heterocycles. The van der Waals surface area contributed by atoms with Crippen LogP contribution in [0.5, 0.6) is 11.5 Å². The molecular formula is C27H37N3O5. The molecule has 0 amide bonds. The van der Waals surface area contributed by atoms with E-state index in [0.717, 1.165) is 23.1 Å². The zero-order chi connectivity index (χ0) is 25.8. The van der Waals surface area contributed by atoms with Crippen molar-refractivity contribution < 1.29 is 24.2 Å². The highest BCUT2D eigenvalue weighted by Crippen LogP contribution is 2.49. The van der Waals surface area contributed by atoms with Gasteiger partial charge in [0.05, 0.1) is 26.3 Å². The minimum Gasteiger partial charge on any atom is -0.504 e. The third-order valence-corrected chi connectivity index (χ3v) is 8.19. The van der Waals surface area contributed by atoms with E-state index in [-0.39, 0.29) is 47.7 Å². The number of methoxy groups -OCH3 is 2. The summed E-state index contributed by atoms with van der Waals surface area (Å²) in [5.74, 6) is 0.304. The lowest BCUT2D eigenvalue weighted by atomic mass is 9.73. The molecule has 0 bridgehead atoms. The molecule has 1 aromatic carbocycles. The molecule has 2 heterocycles. The Labute approximate surface area is 207 Å². The Balaban J connectivity index is 1.92. The van der Waals surface area contributed by atoms with Crippen LogP contribution in [0.2, 0.25) is 0 Å². The van der Waals surface area contributed by atoms with Crippen LogP contribution in [0, 0.1) is 13.8 Å². The molecule has 8 nitrogen and oxygen atoms in total. The first-order valence-corrected chi connectivity index (χ1v) is 12.2. The van der Waals surface area contributed by atoms with Gasteiger partial charge in [-0.3, -0.25) is 19.4 Å². The van der Waals surface area contributed by atoms with E-state index in [4.69, 9.17) is 15.2 Å². The Morgan fingerprint density at radius 3 is 2.37 bits per heavy atom. The third-order valence-electron chi connectivity index (χ3n) is 8.19. The highest BCUT2D eigenvalue weighted by Gasteiger charge is 2.51. The molecule has 3 aliphatic rings. The molecule has 2 aliphatic heterocycles. The second-order valence-electron chi connectivity index (χ2n) is 9.91. The summed E-state index contributed by atoms with van der Waals surface area (Å²) in [5.41, 5.74) is 10.2. The highest BCUT2D eigenvalue weighted by molar-refractivity contribution is 6.25. The van der Waals surface area contributed by atoms with Crippen LogP contribution in [0.1, 0.15) is 49.4 Å². The molecule has 1 fully saturated rings. The zero-order valence-electron chi connectivity index (χ0n) is 21.8. The predicted octanol–water partition coefficient (Wildman–Crippen LogP) is 2.55. The number of carbonyl (C=O) groups excluding carboxylic acids is 2. The number of hydrogen-bond donors (Lipinski definition) is 2. The van der Waals surface area contributed by atoms with Crippen molar-refractivity contribution in [1.29, 1.82) is 0 Å². The Kier molecular flexibility index (Phi) is 6.83. The van der Waals surface area contributed by atoms with Crippen molar-refractivity contribution in [3.05, 3.63) is 45.2 Å². The van der Waals surface area contributed by atoms with Gasteiger partial charge in [-0.05, 0) is 51.8 Å². The summed E-state index contributed by atoms with van der Waals surface area (Å²) >= 11 is 0. The Bertz CT molecular complexity index is 1140. The van der Waals surface area contributed by atoms with Gasteiger partial charge in [0.25, 0.3) is 0 Å². The van der Waals surface area contributed by atoms with Gasteiger partial charge in [0.1, 0.15) is 0 Å². The van der Waals surface area contributed by atoms with E-state index in [1.807, 2.05) is 19.9 Å². The van der Waals surface area contributed by atoms with E-state index >= 15 is 0 Å². The Hall–Kier alpha value is -2.68. The molecule has 35 heavy (non-hydrogen) atoms. The first-order chi connectivity index (χ1) is 16.6. The highest BCUT2D eigenvalue weighted by atomic mass is 16.5. The maximum absolute atomic E-state index is 13.4. The van der Waals surface area contributed by atoms with Gasteiger partial charge in [0.15, 0.2) is 23.0 Å². The van der Waals surface area contributed by atoms with Crippen molar-refractivity contribution >= 4 is 11.6 Å². The van der Waals surface area contributed by atoms with Crippen LogP contribution in [0.15, 0.2) is 28.5 Å². The lowest BCUT2D eigenvalue weighted by molar-refractivity contribution is -0.121. The van der Waals surface area contributed by atoms with Crippen LogP contribution >= 0.6 is 0 Å². The summed E-state index contributed by atoms with van der Waals surface area (Å²) in [5, 5.41) is 11.4. The van der Waals surface area contributed by atoms with Crippen LogP contribution in [0.25, 0.3) is 0 Å². The summed E-state index contributed by atoms with van der Waals surface area (Å²) < 4.78 is 10.9. The molecule has 2 unspecified atom stereocenters. The second kappa shape index (κ2) is 9.41. The number of benzene rings is 1. The molecule has 4 rings (SSSR count). The van der Waals surface area contributed by atoms with Crippen molar-refractivity contribution in [2.24, 2.45) is 5.73 Å². The molecule has 0 saturated carbocycles. The molecule has 8 heteroatoms. The molecule has 190 valence electrons. The number of fused-ring (bicyclic) bond motifs is 1. The van der Waals surface area contributed by atoms with Gasteiger partial charge < -0.3 is 20.3 Å².